The molecule has 0 aliphatic rings. The number of halogens is 1. The maximum Gasteiger partial charge on any atom is 0.246 e. The van der Waals surface area contributed by atoms with E-state index in [1.165, 1.54) is 12.2 Å². The number of hydrogen-bond donors (Lipinski definition) is 0. The standard InChI is InChI=1S/C8H14FNO/c1-3-10(4-2)8(11)6-5-7-9/h5-6H,3-4,7H2,1-2H3/b6-5+. The summed E-state index contributed by atoms with van der Waals surface area (Å²) in [7, 11) is 0. The van der Waals surface area contributed by atoms with Crippen LogP contribution in [-0.2, 0) is 4.79 Å². The number of alkyl halides is 1. The van der Waals surface area contributed by atoms with Gasteiger partial charge in [-0.1, -0.05) is 0 Å². The summed E-state index contributed by atoms with van der Waals surface area (Å²) in [6, 6.07) is 0. The van der Waals surface area contributed by atoms with Gasteiger partial charge in [-0.2, -0.15) is 0 Å². The van der Waals surface area contributed by atoms with Gasteiger partial charge in [0.2, 0.25) is 5.91 Å². The van der Waals surface area contributed by atoms with Crippen LogP contribution in [0.25, 0.3) is 0 Å². The average molecular weight is 159 g/mol. The highest BCUT2D eigenvalue weighted by atomic mass is 19.1. The fraction of sp³-hybridized carbons (Fsp3) is 0.625. The van der Waals surface area contributed by atoms with Gasteiger partial charge in [0.1, 0.15) is 6.67 Å². The van der Waals surface area contributed by atoms with Crippen molar-refractivity contribution >= 4 is 5.91 Å². The van der Waals surface area contributed by atoms with Crippen LogP contribution >= 0.6 is 0 Å². The summed E-state index contributed by atoms with van der Waals surface area (Å²) in [5.74, 6) is -0.118. The smallest absolute Gasteiger partial charge is 0.246 e. The fourth-order valence-corrected chi connectivity index (χ4v) is 0.786. The van der Waals surface area contributed by atoms with Gasteiger partial charge in [0.15, 0.2) is 0 Å². The second kappa shape index (κ2) is 5.89. The van der Waals surface area contributed by atoms with Crippen molar-refractivity contribution in [3.63, 3.8) is 0 Å². The lowest BCUT2D eigenvalue weighted by Gasteiger charge is -2.15. The number of rotatable bonds is 4. The zero-order valence-electron chi connectivity index (χ0n) is 7.01. The van der Waals surface area contributed by atoms with E-state index in [0.29, 0.717) is 13.1 Å². The Morgan fingerprint density at radius 3 is 2.36 bits per heavy atom. The molecule has 0 aliphatic heterocycles. The van der Waals surface area contributed by atoms with E-state index < -0.39 is 6.67 Å². The number of amides is 1. The number of likely N-dealkylation sites (N-methyl/N-ethyl adjacent to an activating group) is 1. The number of nitrogens with zero attached hydrogens (tertiary/aromatic N) is 1. The minimum absolute atomic E-state index is 0.118. The van der Waals surface area contributed by atoms with Gasteiger partial charge in [-0.05, 0) is 19.9 Å². The van der Waals surface area contributed by atoms with Crippen LogP contribution in [0.1, 0.15) is 13.8 Å². The van der Waals surface area contributed by atoms with Crippen LogP contribution in [0.15, 0.2) is 12.2 Å². The Hall–Kier alpha value is -0.860. The SMILES string of the molecule is CCN(CC)C(=O)/C=C/CF. The highest BCUT2D eigenvalue weighted by Crippen LogP contribution is 1.90. The van der Waals surface area contributed by atoms with E-state index in [1.54, 1.807) is 4.90 Å². The molecule has 0 saturated heterocycles. The third-order valence-electron chi connectivity index (χ3n) is 1.42. The monoisotopic (exact) mass is 159 g/mol. The molecule has 0 aromatic carbocycles. The van der Waals surface area contributed by atoms with Crippen molar-refractivity contribution in [2.75, 3.05) is 19.8 Å². The highest BCUT2D eigenvalue weighted by molar-refractivity contribution is 5.87. The molecule has 0 aromatic rings. The molecule has 0 bridgehead atoms. The van der Waals surface area contributed by atoms with Crippen LogP contribution in [0.2, 0.25) is 0 Å². The second-order valence-electron chi connectivity index (χ2n) is 2.07. The first-order valence-corrected chi connectivity index (χ1v) is 3.77. The summed E-state index contributed by atoms with van der Waals surface area (Å²) < 4.78 is 11.6. The minimum atomic E-state index is -0.576. The van der Waals surface area contributed by atoms with Crippen molar-refractivity contribution < 1.29 is 9.18 Å². The van der Waals surface area contributed by atoms with E-state index in [1.807, 2.05) is 13.8 Å². The molecule has 0 atom stereocenters. The van der Waals surface area contributed by atoms with Crippen molar-refractivity contribution in [1.29, 1.82) is 0 Å². The Labute approximate surface area is 66.7 Å². The molecule has 0 fully saturated rings. The van der Waals surface area contributed by atoms with Gasteiger partial charge in [-0.3, -0.25) is 4.79 Å². The molecule has 0 aliphatic carbocycles. The minimum Gasteiger partial charge on any atom is -0.340 e. The average Bonchev–Trinajstić information content (AvgIpc) is 2.03. The van der Waals surface area contributed by atoms with Crippen molar-refractivity contribution in [3.05, 3.63) is 12.2 Å². The van der Waals surface area contributed by atoms with Crippen LogP contribution in [0.5, 0.6) is 0 Å². The molecule has 64 valence electrons. The first-order chi connectivity index (χ1) is 5.26. The molecule has 0 aromatic heterocycles. The first kappa shape index (κ1) is 10.1. The predicted molar refractivity (Wildman–Crippen MR) is 43.0 cm³/mol. The first-order valence-electron chi connectivity index (χ1n) is 3.77. The van der Waals surface area contributed by atoms with Gasteiger partial charge in [-0.15, -0.1) is 0 Å². The van der Waals surface area contributed by atoms with Gasteiger partial charge < -0.3 is 4.90 Å². The van der Waals surface area contributed by atoms with Gasteiger partial charge in [0.25, 0.3) is 0 Å². The normalized spacial score (nSPS) is 10.5. The molecule has 11 heavy (non-hydrogen) atoms. The predicted octanol–water partition coefficient (Wildman–Crippen LogP) is 1.38. The molecule has 0 saturated carbocycles. The van der Waals surface area contributed by atoms with E-state index in [9.17, 15) is 9.18 Å². The quantitative estimate of drug-likeness (QED) is 0.567. The summed E-state index contributed by atoms with van der Waals surface area (Å²) in [6.07, 6.45) is 2.49. The van der Waals surface area contributed by atoms with Gasteiger partial charge >= 0.3 is 0 Å². The summed E-state index contributed by atoms with van der Waals surface area (Å²) >= 11 is 0. The maximum absolute atomic E-state index is 11.6. The Bertz CT molecular complexity index is 141. The van der Waals surface area contributed by atoms with Crippen LogP contribution < -0.4 is 0 Å². The third-order valence-corrected chi connectivity index (χ3v) is 1.42. The Morgan fingerprint density at radius 2 is 2.00 bits per heavy atom. The summed E-state index contributed by atoms with van der Waals surface area (Å²) in [6.45, 7) is 4.56. The third kappa shape index (κ3) is 3.75. The van der Waals surface area contributed by atoms with E-state index in [4.69, 9.17) is 0 Å². The summed E-state index contributed by atoms with van der Waals surface area (Å²) in [4.78, 5) is 12.7. The number of hydrogen-bond acceptors (Lipinski definition) is 1. The van der Waals surface area contributed by atoms with E-state index in [-0.39, 0.29) is 5.91 Å². The molecule has 0 N–H and O–H groups in total. The molecule has 0 spiro atoms. The topological polar surface area (TPSA) is 20.3 Å². The lowest BCUT2D eigenvalue weighted by atomic mass is 10.4. The van der Waals surface area contributed by atoms with Crippen molar-refractivity contribution in [1.82, 2.24) is 4.90 Å². The molecule has 0 rings (SSSR count). The summed E-state index contributed by atoms with van der Waals surface area (Å²) in [5.41, 5.74) is 0. The van der Waals surface area contributed by atoms with E-state index in [2.05, 4.69) is 0 Å². The van der Waals surface area contributed by atoms with Gasteiger partial charge in [-0.25, -0.2) is 4.39 Å². The largest absolute Gasteiger partial charge is 0.340 e. The van der Waals surface area contributed by atoms with Gasteiger partial charge in [0, 0.05) is 19.2 Å². The van der Waals surface area contributed by atoms with Crippen molar-refractivity contribution in [3.8, 4) is 0 Å². The van der Waals surface area contributed by atoms with Gasteiger partial charge in [0.05, 0.1) is 0 Å². The molecule has 1 amide bonds. The Morgan fingerprint density at radius 1 is 1.45 bits per heavy atom. The molecular formula is C8H14FNO. The molecule has 0 radical (unpaired) electrons. The zero-order chi connectivity index (χ0) is 8.69. The van der Waals surface area contributed by atoms with Crippen LogP contribution in [0.3, 0.4) is 0 Å². The van der Waals surface area contributed by atoms with E-state index in [0.717, 1.165) is 0 Å². The van der Waals surface area contributed by atoms with Crippen LogP contribution in [0, 0.1) is 0 Å². The van der Waals surface area contributed by atoms with Crippen LogP contribution in [0.4, 0.5) is 4.39 Å². The number of carbonyl (C=O) groups is 1. The lowest BCUT2D eigenvalue weighted by molar-refractivity contribution is -0.125. The van der Waals surface area contributed by atoms with Crippen molar-refractivity contribution in [2.45, 2.75) is 13.8 Å². The van der Waals surface area contributed by atoms with E-state index >= 15 is 0 Å². The molecule has 2 nitrogen and oxygen atoms in total. The zero-order valence-corrected chi connectivity index (χ0v) is 7.01. The molecule has 0 heterocycles. The van der Waals surface area contributed by atoms with Crippen molar-refractivity contribution in [2.24, 2.45) is 0 Å². The number of allylic oxidation sites excluding steroid dienone is 1. The number of carbonyl (C=O) groups excluding carboxylic acids is 1. The highest BCUT2D eigenvalue weighted by Gasteiger charge is 2.03. The Kier molecular flexibility index (Phi) is 5.43. The lowest BCUT2D eigenvalue weighted by Crippen LogP contribution is -2.28. The molecule has 3 heteroatoms. The van der Waals surface area contributed by atoms with Crippen LogP contribution in [-0.4, -0.2) is 30.6 Å². The molecule has 0 unspecified atom stereocenters. The summed E-state index contributed by atoms with van der Waals surface area (Å²) in [5, 5.41) is 0. The Balaban J connectivity index is 3.88. The fourth-order valence-electron chi connectivity index (χ4n) is 0.786. The second-order valence-corrected chi connectivity index (χ2v) is 2.07. The molecular weight excluding hydrogens is 145 g/mol. The maximum atomic E-state index is 11.6.